The molecule has 3 aromatic rings. The van der Waals surface area contributed by atoms with Crippen molar-refractivity contribution in [3.8, 4) is 0 Å². The number of hydrogen-bond donors (Lipinski definition) is 2. The molecule has 0 atom stereocenters. The number of ether oxygens (including phenoxy) is 1. The molecule has 1 amide bonds. The van der Waals surface area contributed by atoms with Gasteiger partial charge in [0.2, 0.25) is 0 Å². The molecule has 0 unspecified atom stereocenters. The lowest BCUT2D eigenvalue weighted by Gasteiger charge is -2.12. The Morgan fingerprint density at radius 2 is 1.89 bits per heavy atom. The number of nitrogens with one attached hydrogen (secondary N) is 2. The van der Waals surface area contributed by atoms with Gasteiger partial charge in [-0.25, -0.2) is 5.10 Å². The second kappa shape index (κ2) is 8.22. The number of hydrogen-bond acceptors (Lipinski definition) is 5. The van der Waals surface area contributed by atoms with Crippen LogP contribution in [-0.2, 0) is 20.7 Å². The third kappa shape index (κ3) is 4.37. The van der Waals surface area contributed by atoms with Crippen molar-refractivity contribution in [1.82, 2.24) is 10.2 Å². The van der Waals surface area contributed by atoms with Gasteiger partial charge >= 0.3 is 5.97 Å². The largest absolute Gasteiger partial charge is 0.455 e. The minimum absolute atomic E-state index is 0.172. The molecule has 144 valence electrons. The van der Waals surface area contributed by atoms with E-state index >= 15 is 0 Å². The number of rotatable bonds is 5. The summed E-state index contributed by atoms with van der Waals surface area (Å²) in [5.74, 6) is -1.13. The minimum atomic E-state index is -0.633. The van der Waals surface area contributed by atoms with Crippen LogP contribution in [0.2, 0.25) is 5.02 Å². The number of aromatic amines is 1. The van der Waals surface area contributed by atoms with E-state index < -0.39 is 18.5 Å². The molecule has 1 heterocycles. The SMILES string of the molecule is Cc1cc(C)c(NC(=O)COC(=O)Cc2n[nH]c(=O)c3ccccc23)c(Cl)c1. The lowest BCUT2D eigenvalue weighted by atomic mass is 10.1. The normalized spacial score (nSPS) is 10.7. The Morgan fingerprint density at radius 3 is 2.61 bits per heavy atom. The Morgan fingerprint density at radius 1 is 1.18 bits per heavy atom. The zero-order valence-corrected chi connectivity index (χ0v) is 16.1. The van der Waals surface area contributed by atoms with E-state index in [9.17, 15) is 14.4 Å². The summed E-state index contributed by atoms with van der Waals surface area (Å²) >= 11 is 6.16. The number of nitrogens with zero attached hydrogens (tertiary/aromatic N) is 1. The highest BCUT2D eigenvalue weighted by atomic mass is 35.5. The first-order valence-corrected chi connectivity index (χ1v) is 8.91. The van der Waals surface area contributed by atoms with Gasteiger partial charge in [-0.3, -0.25) is 14.4 Å². The first kappa shape index (κ1) is 19.6. The third-order valence-corrected chi connectivity index (χ3v) is 4.45. The average molecular weight is 400 g/mol. The predicted molar refractivity (Wildman–Crippen MR) is 107 cm³/mol. The maximum absolute atomic E-state index is 12.1. The molecule has 0 spiro atoms. The van der Waals surface area contributed by atoms with Crippen molar-refractivity contribution in [1.29, 1.82) is 0 Å². The molecule has 8 heteroatoms. The fourth-order valence-electron chi connectivity index (χ4n) is 2.89. The maximum Gasteiger partial charge on any atom is 0.312 e. The number of amides is 1. The maximum atomic E-state index is 12.1. The topological polar surface area (TPSA) is 101 Å². The van der Waals surface area contributed by atoms with Gasteiger partial charge in [-0.1, -0.05) is 35.9 Å². The molecule has 0 fully saturated rings. The second-order valence-corrected chi connectivity index (χ2v) is 6.78. The summed E-state index contributed by atoms with van der Waals surface area (Å²) in [4.78, 5) is 36.0. The Bertz CT molecular complexity index is 1100. The highest BCUT2D eigenvalue weighted by molar-refractivity contribution is 6.34. The van der Waals surface area contributed by atoms with E-state index in [1.165, 1.54) is 0 Å². The lowest BCUT2D eigenvalue weighted by molar-refractivity contribution is -0.146. The Labute approximate surface area is 165 Å². The number of carbonyl (C=O) groups is 2. The zero-order valence-electron chi connectivity index (χ0n) is 15.3. The van der Waals surface area contributed by atoms with Crippen LogP contribution < -0.4 is 10.9 Å². The molecule has 0 aliphatic rings. The molecule has 0 aliphatic heterocycles. The molecule has 0 aliphatic carbocycles. The number of aryl methyl sites for hydroxylation is 2. The summed E-state index contributed by atoms with van der Waals surface area (Å²) in [6.07, 6.45) is -0.172. The van der Waals surface area contributed by atoms with Gasteiger partial charge in [0, 0.05) is 5.39 Å². The lowest BCUT2D eigenvalue weighted by Crippen LogP contribution is -2.23. The van der Waals surface area contributed by atoms with Gasteiger partial charge in [-0.15, -0.1) is 0 Å². The average Bonchev–Trinajstić information content (AvgIpc) is 2.65. The van der Waals surface area contributed by atoms with Gasteiger partial charge in [0.25, 0.3) is 11.5 Å². The minimum Gasteiger partial charge on any atom is -0.455 e. The number of anilines is 1. The molecule has 7 nitrogen and oxygen atoms in total. The number of esters is 1. The van der Waals surface area contributed by atoms with Gasteiger partial charge in [0.15, 0.2) is 6.61 Å². The standard InChI is InChI=1S/C20H18ClN3O4/c1-11-7-12(2)19(15(21)8-11)22-17(25)10-28-18(26)9-16-13-5-3-4-6-14(13)20(27)24-23-16/h3-8H,9-10H2,1-2H3,(H,22,25)(H,24,27). The van der Waals surface area contributed by atoms with Crippen LogP contribution >= 0.6 is 11.6 Å². The molecule has 1 aromatic heterocycles. The van der Waals surface area contributed by atoms with Crippen LogP contribution in [0.1, 0.15) is 16.8 Å². The van der Waals surface area contributed by atoms with Crippen molar-refractivity contribution >= 4 is 39.9 Å². The van der Waals surface area contributed by atoms with Crippen LogP contribution in [0, 0.1) is 13.8 Å². The fourth-order valence-corrected chi connectivity index (χ4v) is 3.26. The molecule has 0 radical (unpaired) electrons. The van der Waals surface area contributed by atoms with Crippen molar-refractivity contribution in [3.63, 3.8) is 0 Å². The van der Waals surface area contributed by atoms with Crippen LogP contribution in [0.15, 0.2) is 41.2 Å². The van der Waals surface area contributed by atoms with Crippen LogP contribution in [0.3, 0.4) is 0 Å². The molecule has 2 N–H and O–H groups in total. The molecule has 0 bridgehead atoms. The Hall–Kier alpha value is -3.19. The number of fused-ring (bicyclic) bond motifs is 1. The number of benzene rings is 2. The second-order valence-electron chi connectivity index (χ2n) is 6.37. The number of aromatic nitrogens is 2. The molecule has 3 rings (SSSR count). The quantitative estimate of drug-likeness (QED) is 0.642. The molecule has 28 heavy (non-hydrogen) atoms. The van der Waals surface area contributed by atoms with E-state index in [2.05, 4.69) is 15.5 Å². The van der Waals surface area contributed by atoms with Crippen LogP contribution in [-0.4, -0.2) is 28.7 Å². The van der Waals surface area contributed by atoms with Gasteiger partial charge in [-0.2, -0.15) is 5.10 Å². The number of halogens is 1. The first-order chi connectivity index (χ1) is 13.3. The van der Waals surface area contributed by atoms with Crippen LogP contribution in [0.25, 0.3) is 10.8 Å². The molecular formula is C20H18ClN3O4. The monoisotopic (exact) mass is 399 g/mol. The van der Waals surface area contributed by atoms with E-state index in [0.29, 0.717) is 27.2 Å². The summed E-state index contributed by atoms with van der Waals surface area (Å²) in [6.45, 7) is 3.28. The number of H-pyrrole nitrogens is 1. The van der Waals surface area contributed by atoms with Crippen LogP contribution in [0.4, 0.5) is 5.69 Å². The molecule has 0 saturated heterocycles. The van der Waals surface area contributed by atoms with Gasteiger partial charge in [0.1, 0.15) is 0 Å². The van der Waals surface area contributed by atoms with Gasteiger partial charge < -0.3 is 10.1 Å². The summed E-state index contributed by atoms with van der Waals surface area (Å²) in [6, 6.07) is 10.5. The molecule has 2 aromatic carbocycles. The van der Waals surface area contributed by atoms with E-state index in [1.54, 1.807) is 30.3 Å². The van der Waals surface area contributed by atoms with Crippen LogP contribution in [0.5, 0.6) is 0 Å². The van der Waals surface area contributed by atoms with Crippen molar-refractivity contribution < 1.29 is 14.3 Å². The number of carbonyl (C=O) groups excluding carboxylic acids is 2. The highest BCUT2D eigenvalue weighted by Gasteiger charge is 2.15. The smallest absolute Gasteiger partial charge is 0.312 e. The van der Waals surface area contributed by atoms with E-state index in [1.807, 2.05) is 19.9 Å². The van der Waals surface area contributed by atoms with Gasteiger partial charge in [0.05, 0.1) is 28.2 Å². The third-order valence-electron chi connectivity index (χ3n) is 4.15. The van der Waals surface area contributed by atoms with Gasteiger partial charge in [-0.05, 0) is 37.1 Å². The van der Waals surface area contributed by atoms with Crippen molar-refractivity contribution in [2.75, 3.05) is 11.9 Å². The first-order valence-electron chi connectivity index (χ1n) is 8.53. The van der Waals surface area contributed by atoms with E-state index in [0.717, 1.165) is 11.1 Å². The van der Waals surface area contributed by atoms with Crippen molar-refractivity contribution in [3.05, 3.63) is 68.6 Å². The summed E-state index contributed by atoms with van der Waals surface area (Å²) in [5.41, 5.74) is 2.32. The summed E-state index contributed by atoms with van der Waals surface area (Å²) in [5, 5.41) is 10.3. The van der Waals surface area contributed by atoms with Crippen molar-refractivity contribution in [2.45, 2.75) is 20.3 Å². The zero-order chi connectivity index (χ0) is 20.3. The summed E-state index contributed by atoms with van der Waals surface area (Å²) in [7, 11) is 0. The van der Waals surface area contributed by atoms with E-state index in [4.69, 9.17) is 16.3 Å². The fraction of sp³-hybridized carbons (Fsp3) is 0.200. The summed E-state index contributed by atoms with van der Waals surface area (Å²) < 4.78 is 5.04. The highest BCUT2D eigenvalue weighted by Crippen LogP contribution is 2.27. The Balaban J connectivity index is 1.63. The predicted octanol–water partition coefficient (Wildman–Crippen LogP) is 2.92. The molecule has 0 saturated carbocycles. The van der Waals surface area contributed by atoms with Crippen molar-refractivity contribution in [2.24, 2.45) is 0 Å². The molecular weight excluding hydrogens is 382 g/mol. The Kier molecular flexibility index (Phi) is 5.75. The van der Waals surface area contributed by atoms with E-state index in [-0.39, 0.29) is 12.0 Å².